The quantitative estimate of drug-likeness (QED) is 0.535. The molecule has 0 aromatic heterocycles. The molecule has 1 fully saturated rings. The molecule has 2 aromatic carbocycles. The predicted octanol–water partition coefficient (Wildman–Crippen LogP) is 2.24. The van der Waals surface area contributed by atoms with Crippen molar-refractivity contribution in [3.05, 3.63) is 65.0 Å². The number of fused-ring (bicyclic) bond motifs is 1. The number of hydrogen-bond acceptors (Lipinski definition) is 4. The Labute approximate surface area is 181 Å². The second-order valence-electron chi connectivity index (χ2n) is 8.68. The molecule has 0 saturated carbocycles. The third kappa shape index (κ3) is 5.05. The van der Waals surface area contributed by atoms with E-state index in [1.54, 1.807) is 19.1 Å². The Bertz CT molecular complexity index is 963. The van der Waals surface area contributed by atoms with Crippen LogP contribution in [0.25, 0.3) is 0 Å². The highest BCUT2D eigenvalue weighted by atomic mass is 19.1. The van der Waals surface area contributed by atoms with Crippen LogP contribution in [0.5, 0.6) is 0 Å². The van der Waals surface area contributed by atoms with E-state index >= 15 is 0 Å². The highest BCUT2D eigenvalue weighted by Crippen LogP contribution is 2.32. The molecule has 31 heavy (non-hydrogen) atoms. The molecule has 0 bridgehead atoms. The molecule has 7 heteroatoms. The van der Waals surface area contributed by atoms with Gasteiger partial charge in [-0.1, -0.05) is 18.2 Å². The van der Waals surface area contributed by atoms with Crippen molar-refractivity contribution in [2.75, 3.05) is 12.3 Å². The van der Waals surface area contributed by atoms with Crippen molar-refractivity contribution in [1.82, 2.24) is 16.0 Å². The zero-order chi connectivity index (χ0) is 22.0. The van der Waals surface area contributed by atoms with Gasteiger partial charge >= 0.3 is 0 Å². The number of nitrogens with two attached hydrogens (primary N) is 1. The van der Waals surface area contributed by atoms with E-state index in [9.17, 15) is 14.0 Å². The standard InChI is InChI=1S/C24H29FN4O2/c1-14(23(30)29-21-9-4-17-12-19(26)7-8-20(17)21)28-24(31)22-11-16(13-27-22)10-15-2-5-18(25)6-3-15/h2-3,5-8,12,14,16,21-22,27H,4,9-11,13,26H2,1H3,(H,28,31)(H,29,30)/t14-,16-,21?,22+/m0/s1. The SMILES string of the molecule is C[C@H](NC(=O)[C@H]1C[C@H](Cc2ccc(F)cc2)CN1)C(=O)NC1CCc2cc(N)ccc21. The Morgan fingerprint density at radius 3 is 2.77 bits per heavy atom. The van der Waals surface area contributed by atoms with Crippen LogP contribution < -0.4 is 21.7 Å². The molecule has 1 saturated heterocycles. The van der Waals surface area contributed by atoms with E-state index in [0.29, 0.717) is 12.3 Å². The molecule has 4 atom stereocenters. The zero-order valence-corrected chi connectivity index (χ0v) is 17.7. The maximum absolute atomic E-state index is 13.1. The Morgan fingerprint density at radius 2 is 2.00 bits per heavy atom. The fourth-order valence-corrected chi connectivity index (χ4v) is 4.58. The predicted molar refractivity (Wildman–Crippen MR) is 118 cm³/mol. The third-order valence-electron chi connectivity index (χ3n) is 6.29. The summed E-state index contributed by atoms with van der Waals surface area (Å²) in [4.78, 5) is 25.3. The summed E-state index contributed by atoms with van der Waals surface area (Å²) in [7, 11) is 0. The lowest BCUT2D eigenvalue weighted by Gasteiger charge is -2.20. The average molecular weight is 425 g/mol. The van der Waals surface area contributed by atoms with E-state index < -0.39 is 6.04 Å². The first-order chi connectivity index (χ1) is 14.9. The summed E-state index contributed by atoms with van der Waals surface area (Å²) < 4.78 is 13.1. The first kappa shape index (κ1) is 21.3. The minimum absolute atomic E-state index is 0.0489. The first-order valence-corrected chi connectivity index (χ1v) is 10.9. The third-order valence-corrected chi connectivity index (χ3v) is 6.29. The molecule has 5 N–H and O–H groups in total. The second-order valence-corrected chi connectivity index (χ2v) is 8.68. The normalized spacial score (nSPS) is 23.2. The Kier molecular flexibility index (Phi) is 6.23. The topological polar surface area (TPSA) is 96.2 Å². The molecule has 1 heterocycles. The molecule has 4 rings (SSSR count). The van der Waals surface area contributed by atoms with Gasteiger partial charge in [0, 0.05) is 5.69 Å². The van der Waals surface area contributed by atoms with E-state index in [0.717, 1.165) is 42.6 Å². The number of rotatable bonds is 6. The molecule has 1 unspecified atom stereocenters. The van der Waals surface area contributed by atoms with Crippen LogP contribution in [0.15, 0.2) is 42.5 Å². The monoisotopic (exact) mass is 424 g/mol. The van der Waals surface area contributed by atoms with Crippen LogP contribution in [-0.4, -0.2) is 30.4 Å². The summed E-state index contributed by atoms with van der Waals surface area (Å²) in [6.07, 6.45) is 3.20. The van der Waals surface area contributed by atoms with Gasteiger partial charge in [0.05, 0.1) is 12.1 Å². The Hall–Kier alpha value is -2.93. The lowest BCUT2D eigenvalue weighted by molar-refractivity contribution is -0.129. The van der Waals surface area contributed by atoms with Crippen molar-refractivity contribution in [1.29, 1.82) is 0 Å². The highest BCUT2D eigenvalue weighted by Gasteiger charge is 2.32. The molecule has 0 spiro atoms. The van der Waals surface area contributed by atoms with Crippen LogP contribution in [0.1, 0.15) is 42.5 Å². The zero-order valence-electron chi connectivity index (χ0n) is 17.7. The van der Waals surface area contributed by atoms with Crippen molar-refractivity contribution < 1.29 is 14.0 Å². The second kappa shape index (κ2) is 9.06. The van der Waals surface area contributed by atoms with Crippen LogP contribution in [0.3, 0.4) is 0 Å². The van der Waals surface area contributed by atoms with Gasteiger partial charge < -0.3 is 21.7 Å². The van der Waals surface area contributed by atoms with Crippen molar-refractivity contribution in [2.45, 2.75) is 50.7 Å². The fourth-order valence-electron chi connectivity index (χ4n) is 4.58. The van der Waals surface area contributed by atoms with Crippen LogP contribution in [0, 0.1) is 11.7 Å². The van der Waals surface area contributed by atoms with Gasteiger partial charge in [-0.2, -0.15) is 0 Å². The number of carbonyl (C=O) groups is 2. The van der Waals surface area contributed by atoms with Gasteiger partial charge in [0.15, 0.2) is 0 Å². The summed E-state index contributed by atoms with van der Waals surface area (Å²) in [5.74, 6) is -0.302. The van der Waals surface area contributed by atoms with Gasteiger partial charge in [0.25, 0.3) is 0 Å². The minimum Gasteiger partial charge on any atom is -0.399 e. The van der Waals surface area contributed by atoms with Gasteiger partial charge in [0.2, 0.25) is 11.8 Å². The summed E-state index contributed by atoms with van der Waals surface area (Å²) in [6, 6.07) is 11.3. The van der Waals surface area contributed by atoms with Crippen LogP contribution >= 0.6 is 0 Å². The van der Waals surface area contributed by atoms with Gasteiger partial charge in [0.1, 0.15) is 11.9 Å². The number of nitrogens with one attached hydrogen (secondary N) is 3. The molecule has 1 aliphatic carbocycles. The van der Waals surface area contributed by atoms with Gasteiger partial charge in [-0.05, 0) is 86.0 Å². The number of aryl methyl sites for hydroxylation is 1. The number of carbonyl (C=O) groups excluding carboxylic acids is 2. The van der Waals surface area contributed by atoms with Crippen LogP contribution in [0.2, 0.25) is 0 Å². The number of amides is 2. The van der Waals surface area contributed by atoms with Crippen molar-refractivity contribution in [3.63, 3.8) is 0 Å². The average Bonchev–Trinajstić information content (AvgIpc) is 3.36. The molecule has 6 nitrogen and oxygen atoms in total. The van der Waals surface area contributed by atoms with E-state index in [1.807, 2.05) is 18.2 Å². The number of benzene rings is 2. The minimum atomic E-state index is -0.622. The summed E-state index contributed by atoms with van der Waals surface area (Å²) >= 11 is 0. The van der Waals surface area contributed by atoms with E-state index in [-0.39, 0.29) is 29.7 Å². The van der Waals surface area contributed by atoms with E-state index in [2.05, 4.69) is 16.0 Å². The summed E-state index contributed by atoms with van der Waals surface area (Å²) in [5.41, 5.74) is 9.90. The number of nitrogen functional groups attached to an aromatic ring is 1. The van der Waals surface area contributed by atoms with Crippen molar-refractivity contribution in [3.8, 4) is 0 Å². The van der Waals surface area contributed by atoms with Gasteiger partial charge in [-0.3, -0.25) is 9.59 Å². The molecule has 2 aromatic rings. The largest absolute Gasteiger partial charge is 0.399 e. The van der Waals surface area contributed by atoms with Crippen molar-refractivity contribution in [2.24, 2.45) is 5.92 Å². The molecule has 164 valence electrons. The molecule has 0 radical (unpaired) electrons. The van der Waals surface area contributed by atoms with Crippen LogP contribution in [-0.2, 0) is 22.4 Å². The summed E-state index contributed by atoms with van der Waals surface area (Å²) in [6.45, 7) is 2.43. The maximum Gasteiger partial charge on any atom is 0.242 e. The van der Waals surface area contributed by atoms with Gasteiger partial charge in [-0.25, -0.2) is 4.39 Å². The molecule has 2 aliphatic rings. The number of anilines is 1. The number of hydrogen-bond donors (Lipinski definition) is 4. The molecular weight excluding hydrogens is 395 g/mol. The van der Waals surface area contributed by atoms with Crippen LogP contribution in [0.4, 0.5) is 10.1 Å². The lowest BCUT2D eigenvalue weighted by atomic mass is 9.96. The molecular formula is C24H29FN4O2. The Morgan fingerprint density at radius 1 is 1.23 bits per heavy atom. The smallest absolute Gasteiger partial charge is 0.242 e. The molecule has 1 aliphatic heterocycles. The summed E-state index contributed by atoms with van der Waals surface area (Å²) in [5, 5.41) is 9.13. The van der Waals surface area contributed by atoms with E-state index in [4.69, 9.17) is 5.73 Å². The fraction of sp³-hybridized carbons (Fsp3) is 0.417. The first-order valence-electron chi connectivity index (χ1n) is 10.9. The number of halogens is 1. The molecule has 2 amide bonds. The maximum atomic E-state index is 13.1. The van der Waals surface area contributed by atoms with Crippen molar-refractivity contribution >= 4 is 17.5 Å². The van der Waals surface area contributed by atoms with E-state index in [1.165, 1.54) is 17.7 Å². The Balaban J connectivity index is 1.26. The lowest BCUT2D eigenvalue weighted by Crippen LogP contribution is -2.50. The highest BCUT2D eigenvalue weighted by molar-refractivity contribution is 5.89. The van der Waals surface area contributed by atoms with Gasteiger partial charge in [-0.15, -0.1) is 0 Å².